The molecule has 4 amide bonds. The Hall–Kier alpha value is -6.62. The lowest BCUT2D eigenvalue weighted by Crippen LogP contribution is -2.60. The van der Waals surface area contributed by atoms with Crippen LogP contribution in [0, 0.1) is 12.8 Å². The minimum absolute atomic E-state index is 0.0191. The van der Waals surface area contributed by atoms with E-state index in [4.69, 9.17) is 29.2 Å². The molecule has 5 aromatic rings. The van der Waals surface area contributed by atoms with Crippen LogP contribution in [0.1, 0.15) is 88.8 Å². The first kappa shape index (κ1) is 46.4. The lowest BCUT2D eigenvalue weighted by atomic mass is 10.0. The molecule has 0 unspecified atom stereocenters. The van der Waals surface area contributed by atoms with Gasteiger partial charge in [-0.25, -0.2) is 39.4 Å². The summed E-state index contributed by atoms with van der Waals surface area (Å²) in [6, 6.07) is 12.5. The number of hydrogen-bond acceptors (Lipinski definition) is 14. The van der Waals surface area contributed by atoms with E-state index < -0.39 is 65.0 Å². The number of hydrogen-bond donors (Lipinski definition) is 1. The number of imide groups is 1. The van der Waals surface area contributed by atoms with E-state index in [1.54, 1.807) is 40.7 Å². The number of aryl methyl sites for hydroxylation is 1. The number of esters is 1. The third-order valence-corrected chi connectivity index (χ3v) is 12.3. The average molecular weight is 903 g/mol. The zero-order chi connectivity index (χ0) is 46.5. The Morgan fingerprint density at radius 3 is 2.31 bits per heavy atom. The van der Waals surface area contributed by atoms with Crippen molar-refractivity contribution in [2.45, 2.75) is 109 Å². The molecule has 0 radical (unpaired) electrons. The highest BCUT2D eigenvalue weighted by molar-refractivity contribution is 7.21. The van der Waals surface area contributed by atoms with E-state index in [0.717, 1.165) is 34.4 Å². The molecule has 1 saturated heterocycles. The van der Waals surface area contributed by atoms with Crippen molar-refractivity contribution >= 4 is 62.4 Å². The van der Waals surface area contributed by atoms with E-state index in [0.29, 0.717) is 34.0 Å². The zero-order valence-electron chi connectivity index (χ0n) is 37.3. The lowest BCUT2D eigenvalue weighted by Gasteiger charge is -2.35. The highest BCUT2D eigenvalue weighted by Crippen LogP contribution is 2.52. The number of rotatable bonds is 17. The largest absolute Gasteiger partial charge is 0.471 e. The van der Waals surface area contributed by atoms with Crippen molar-refractivity contribution in [3.8, 4) is 16.6 Å². The van der Waals surface area contributed by atoms with Gasteiger partial charge in [0, 0.05) is 24.7 Å². The van der Waals surface area contributed by atoms with E-state index in [1.807, 2.05) is 48.5 Å². The molecule has 4 heterocycles. The van der Waals surface area contributed by atoms with Crippen LogP contribution < -0.4 is 10.1 Å². The van der Waals surface area contributed by atoms with Gasteiger partial charge in [-0.3, -0.25) is 14.4 Å². The number of carbonyl (C=O) groups is 5. The van der Waals surface area contributed by atoms with Gasteiger partial charge in [0.1, 0.15) is 34.6 Å². The molecular weight excluding hydrogens is 849 g/mol. The number of likely N-dealkylation sites (tertiary alicyclic amines) is 1. The van der Waals surface area contributed by atoms with Gasteiger partial charge in [-0.05, 0) is 84.6 Å². The molecule has 17 heteroatoms. The number of carbonyl (C=O) groups excluding carboxylic acids is 5. The zero-order valence-corrected chi connectivity index (χ0v) is 38.1. The van der Waals surface area contributed by atoms with Gasteiger partial charge in [-0.2, -0.15) is 0 Å². The van der Waals surface area contributed by atoms with Crippen LogP contribution in [0.3, 0.4) is 0 Å². The Morgan fingerprint density at radius 1 is 0.969 bits per heavy atom. The van der Waals surface area contributed by atoms with Gasteiger partial charge < -0.3 is 24.4 Å². The summed E-state index contributed by atoms with van der Waals surface area (Å²) in [7, 11) is 0. The molecule has 1 aliphatic carbocycles. The summed E-state index contributed by atoms with van der Waals surface area (Å²) in [4.78, 5) is 97.7. The molecule has 2 aliphatic rings. The predicted octanol–water partition coefficient (Wildman–Crippen LogP) is 7.56. The SMILES string of the molecule is C=CCCCCC[C@H](NC(=O)c1cnc(C)nc1)C(=O)N1C[C@H](Oc2nc3ccccc3nc2-c2nc3ccccc3s2)C[C@H]1C(=O)N(C(=O)OC(C)(C)C)[C@]1(C(=O)OCC)C[C@H]1C=C. The standard InChI is InChI=1S/C48H54N8O8S/c1-8-11-12-13-14-22-36(52-40(57)30-26-49-29(4)50-27-30)43(58)55-28-32(24-37(55)44(59)56(46(61)64-47(5,6)7)48(25-31(48)9-2)45(60)62-10-3)63-41-39(51-33-19-15-16-20-34(33)53-41)42-54-35-21-17-18-23-38(35)65-42/h8-9,15-21,23,26-27,31-32,36-37H,1-2,10-14,22,24-25,28H2,3-7H3,(H,52,57)/t31-,32-,36+,37+,48-/m1/s1. The second-order valence-corrected chi connectivity index (χ2v) is 18.2. The van der Waals surface area contributed by atoms with Crippen LogP contribution in [-0.4, -0.2) is 107 Å². The summed E-state index contributed by atoms with van der Waals surface area (Å²) >= 11 is 1.42. The summed E-state index contributed by atoms with van der Waals surface area (Å²) in [5, 5.41) is 3.43. The van der Waals surface area contributed by atoms with Crippen LogP contribution in [0.25, 0.3) is 32.0 Å². The van der Waals surface area contributed by atoms with Crippen molar-refractivity contribution in [1.29, 1.82) is 0 Å². The predicted molar refractivity (Wildman–Crippen MR) is 245 cm³/mol. The molecule has 0 bridgehead atoms. The van der Waals surface area contributed by atoms with Crippen molar-refractivity contribution < 1.29 is 38.2 Å². The van der Waals surface area contributed by atoms with Gasteiger partial charge in [-0.15, -0.1) is 24.5 Å². The van der Waals surface area contributed by atoms with Crippen LogP contribution in [0.15, 0.2) is 86.2 Å². The van der Waals surface area contributed by atoms with Gasteiger partial charge in [0.25, 0.3) is 11.8 Å². The van der Waals surface area contributed by atoms with Crippen molar-refractivity contribution in [2.75, 3.05) is 13.2 Å². The summed E-state index contributed by atoms with van der Waals surface area (Å²) < 4.78 is 19.0. The summed E-state index contributed by atoms with van der Waals surface area (Å²) in [6.07, 6.45) is 7.10. The first-order chi connectivity index (χ1) is 31.2. The number of thiazole rings is 1. The molecule has 340 valence electrons. The van der Waals surface area contributed by atoms with E-state index in [9.17, 15) is 14.4 Å². The number of nitrogens with zero attached hydrogens (tertiary/aromatic N) is 7. The van der Waals surface area contributed by atoms with Crippen LogP contribution in [0.4, 0.5) is 4.79 Å². The minimum atomic E-state index is -1.78. The molecule has 65 heavy (non-hydrogen) atoms. The second-order valence-electron chi connectivity index (χ2n) is 17.2. The van der Waals surface area contributed by atoms with Crippen molar-refractivity contribution in [3.63, 3.8) is 0 Å². The molecule has 3 aromatic heterocycles. The van der Waals surface area contributed by atoms with Crippen molar-refractivity contribution in [1.82, 2.24) is 40.0 Å². The fourth-order valence-corrected chi connectivity index (χ4v) is 8.97. The fourth-order valence-electron chi connectivity index (χ4n) is 8.02. The number of allylic oxidation sites excluding steroid dienone is 1. The number of unbranched alkanes of at least 4 members (excludes halogenated alkanes) is 3. The highest BCUT2D eigenvalue weighted by atomic mass is 32.1. The third kappa shape index (κ3) is 10.2. The number of fused-ring (bicyclic) bond motifs is 2. The van der Waals surface area contributed by atoms with Crippen LogP contribution in [0.2, 0.25) is 0 Å². The Kier molecular flexibility index (Phi) is 14.0. The van der Waals surface area contributed by atoms with Gasteiger partial charge >= 0.3 is 12.1 Å². The van der Waals surface area contributed by atoms with E-state index in [-0.39, 0.29) is 43.9 Å². The highest BCUT2D eigenvalue weighted by Gasteiger charge is 2.69. The Labute approximate surface area is 381 Å². The number of para-hydroxylation sites is 3. The molecule has 2 aromatic carbocycles. The molecular formula is C48H54N8O8S. The molecule has 5 atom stereocenters. The van der Waals surface area contributed by atoms with Crippen LogP contribution in [0.5, 0.6) is 5.88 Å². The minimum Gasteiger partial charge on any atom is -0.471 e. The molecule has 16 nitrogen and oxygen atoms in total. The third-order valence-electron chi connectivity index (χ3n) is 11.3. The first-order valence-corrected chi connectivity index (χ1v) is 22.7. The number of benzene rings is 2. The van der Waals surface area contributed by atoms with Crippen LogP contribution in [-0.2, 0) is 23.9 Å². The monoisotopic (exact) mass is 902 g/mol. The van der Waals surface area contributed by atoms with E-state index >= 15 is 9.59 Å². The van der Waals surface area contributed by atoms with E-state index in [1.165, 1.54) is 34.7 Å². The Morgan fingerprint density at radius 2 is 1.66 bits per heavy atom. The summed E-state index contributed by atoms with van der Waals surface area (Å²) in [5.74, 6) is -2.92. The molecule has 1 aliphatic heterocycles. The van der Waals surface area contributed by atoms with Crippen molar-refractivity contribution in [2.24, 2.45) is 5.92 Å². The smallest absolute Gasteiger partial charge is 0.418 e. The van der Waals surface area contributed by atoms with Gasteiger partial charge in [0.15, 0.2) is 11.2 Å². The summed E-state index contributed by atoms with van der Waals surface area (Å²) in [6.45, 7) is 15.8. The molecule has 1 saturated carbocycles. The van der Waals surface area contributed by atoms with E-state index in [2.05, 4.69) is 28.4 Å². The lowest BCUT2D eigenvalue weighted by molar-refractivity contribution is -0.159. The molecule has 7 rings (SSSR count). The first-order valence-electron chi connectivity index (χ1n) is 21.8. The number of amides is 4. The quantitative estimate of drug-likeness (QED) is 0.0546. The molecule has 0 spiro atoms. The number of aromatic nitrogens is 5. The number of nitrogens with one attached hydrogen (secondary N) is 1. The number of ether oxygens (including phenoxy) is 3. The maximum absolute atomic E-state index is 15.4. The maximum atomic E-state index is 15.4. The van der Waals surface area contributed by atoms with Crippen LogP contribution >= 0.6 is 11.3 Å². The van der Waals surface area contributed by atoms with Crippen molar-refractivity contribution in [3.05, 3.63) is 97.6 Å². The fraction of sp³-hybridized carbons (Fsp3) is 0.417. The normalized spacial score (nSPS) is 19.6. The summed E-state index contributed by atoms with van der Waals surface area (Å²) in [5.41, 5.74) is -0.430. The molecule has 1 N–H and O–H groups in total. The molecule has 2 fully saturated rings. The van der Waals surface area contributed by atoms with Gasteiger partial charge in [-0.1, -0.05) is 49.3 Å². The Bertz CT molecular complexity index is 2580. The Balaban J connectivity index is 1.30. The average Bonchev–Trinajstić information content (AvgIpc) is 3.60. The van der Waals surface area contributed by atoms with Gasteiger partial charge in [0.2, 0.25) is 11.8 Å². The topological polar surface area (TPSA) is 196 Å². The van der Waals surface area contributed by atoms with Gasteiger partial charge in [0.05, 0.1) is 40.0 Å². The second kappa shape index (κ2) is 19.6. The maximum Gasteiger partial charge on any atom is 0.418 e.